The largest absolute Gasteiger partial charge is 0.497 e. The molecule has 5 aromatic rings. The Hall–Kier alpha value is -5.22. The summed E-state index contributed by atoms with van der Waals surface area (Å²) in [6.45, 7) is 5.36. The van der Waals surface area contributed by atoms with Crippen molar-refractivity contribution in [2.45, 2.75) is 32.9 Å². The highest BCUT2D eigenvalue weighted by Gasteiger charge is 2.34. The lowest BCUT2D eigenvalue weighted by Crippen LogP contribution is -2.40. The number of nitrogens with zero attached hydrogens (tertiary/aromatic N) is 4. The number of aromatic nitrogens is 3. The van der Waals surface area contributed by atoms with Crippen LogP contribution in [0.5, 0.6) is 11.5 Å². The first-order valence-electron chi connectivity index (χ1n) is 14.4. The van der Waals surface area contributed by atoms with E-state index in [4.69, 9.17) is 24.3 Å². The van der Waals surface area contributed by atoms with Gasteiger partial charge in [0, 0.05) is 17.3 Å². The van der Waals surface area contributed by atoms with Crippen molar-refractivity contribution in [2.24, 2.45) is 4.99 Å². The maximum Gasteiger partial charge on any atom is 0.338 e. The summed E-state index contributed by atoms with van der Waals surface area (Å²) in [7, 11) is 3.22. The molecular formula is C35H32N4O5S. The second kappa shape index (κ2) is 12.4. The molecule has 3 heterocycles. The van der Waals surface area contributed by atoms with E-state index in [2.05, 4.69) is 0 Å². The van der Waals surface area contributed by atoms with Gasteiger partial charge in [0.25, 0.3) is 5.56 Å². The highest BCUT2D eigenvalue weighted by molar-refractivity contribution is 7.07. The summed E-state index contributed by atoms with van der Waals surface area (Å²) in [6.07, 6.45) is 3.41. The van der Waals surface area contributed by atoms with Gasteiger partial charge in [0.2, 0.25) is 0 Å². The second-order valence-corrected chi connectivity index (χ2v) is 11.8. The van der Waals surface area contributed by atoms with Gasteiger partial charge in [0.15, 0.2) is 4.80 Å². The first-order chi connectivity index (χ1) is 21.8. The molecular weight excluding hydrogens is 588 g/mol. The molecule has 2 aromatic heterocycles. The van der Waals surface area contributed by atoms with Gasteiger partial charge in [-0.25, -0.2) is 14.5 Å². The van der Waals surface area contributed by atoms with E-state index in [0.29, 0.717) is 32.0 Å². The molecule has 6 rings (SSSR count). The molecule has 1 atom stereocenters. The molecule has 0 aliphatic carbocycles. The molecule has 10 heteroatoms. The zero-order chi connectivity index (χ0) is 31.7. The highest BCUT2D eigenvalue weighted by atomic mass is 32.1. The second-order valence-electron chi connectivity index (χ2n) is 10.8. The van der Waals surface area contributed by atoms with Crippen molar-refractivity contribution in [3.05, 3.63) is 127 Å². The number of benzene rings is 3. The zero-order valence-corrected chi connectivity index (χ0v) is 26.4. The zero-order valence-electron chi connectivity index (χ0n) is 25.6. The number of ether oxygens (including phenoxy) is 3. The first kappa shape index (κ1) is 29.8. The van der Waals surface area contributed by atoms with Crippen molar-refractivity contribution in [3.8, 4) is 28.4 Å². The van der Waals surface area contributed by atoms with Crippen molar-refractivity contribution in [2.75, 3.05) is 14.2 Å². The molecule has 0 fully saturated rings. The minimum absolute atomic E-state index is 0.268. The predicted molar refractivity (Wildman–Crippen MR) is 174 cm³/mol. The summed E-state index contributed by atoms with van der Waals surface area (Å²) in [5, 5.41) is 4.90. The van der Waals surface area contributed by atoms with Gasteiger partial charge in [-0.15, -0.1) is 0 Å². The summed E-state index contributed by atoms with van der Waals surface area (Å²) in [6, 6.07) is 24.0. The van der Waals surface area contributed by atoms with Crippen LogP contribution in [0.1, 0.15) is 37.9 Å². The standard InChI is InChI=1S/C35H32N4O5S/c1-21(2)44-34(41)30-22(3)36-35-39(32(30)24-13-17-28(43-5)18-14-24)33(40)29(45-35)19-25-20-38(26-9-7-6-8-10-26)37-31(25)23-11-15-27(42-4)16-12-23/h6-21,32H,1-5H3/b29-19+/t32-/m0/s1. The normalized spacial score (nSPS) is 14.7. The Bertz CT molecular complexity index is 2070. The van der Waals surface area contributed by atoms with Gasteiger partial charge in [0.1, 0.15) is 17.2 Å². The van der Waals surface area contributed by atoms with Crippen molar-refractivity contribution in [1.82, 2.24) is 14.3 Å². The number of fused-ring (bicyclic) bond motifs is 1. The predicted octanol–water partition coefficient (Wildman–Crippen LogP) is 5.06. The van der Waals surface area contributed by atoms with Crippen LogP contribution in [0.2, 0.25) is 0 Å². The monoisotopic (exact) mass is 620 g/mol. The van der Waals surface area contributed by atoms with E-state index in [1.165, 1.54) is 11.3 Å². The molecule has 0 spiro atoms. The fraction of sp³-hybridized carbons (Fsp3) is 0.200. The number of thiazole rings is 1. The summed E-state index contributed by atoms with van der Waals surface area (Å²) >= 11 is 1.27. The Labute approximate surface area is 264 Å². The molecule has 0 N–H and O–H groups in total. The van der Waals surface area contributed by atoms with Crippen molar-refractivity contribution >= 4 is 23.4 Å². The molecule has 0 saturated carbocycles. The number of para-hydroxylation sites is 1. The van der Waals surface area contributed by atoms with E-state index in [0.717, 1.165) is 28.1 Å². The van der Waals surface area contributed by atoms with Crippen molar-refractivity contribution in [3.63, 3.8) is 0 Å². The summed E-state index contributed by atoms with van der Waals surface area (Å²) < 4.78 is 20.2. The van der Waals surface area contributed by atoms with E-state index in [1.54, 1.807) is 44.2 Å². The fourth-order valence-corrected chi connectivity index (χ4v) is 6.32. The minimum atomic E-state index is -0.728. The molecule has 1 aliphatic rings. The molecule has 1 aliphatic heterocycles. The van der Waals surface area contributed by atoms with Crippen LogP contribution in [-0.2, 0) is 9.53 Å². The number of rotatable bonds is 8. The Morgan fingerprint density at radius 3 is 2.20 bits per heavy atom. The third kappa shape index (κ3) is 5.84. The Kier molecular flexibility index (Phi) is 8.23. The van der Waals surface area contributed by atoms with Crippen LogP contribution < -0.4 is 24.4 Å². The molecule has 45 heavy (non-hydrogen) atoms. The van der Waals surface area contributed by atoms with Crippen LogP contribution in [0.3, 0.4) is 0 Å². The SMILES string of the molecule is COc1ccc(-c2nn(-c3ccccc3)cc2/C=c2/sc3n(c2=O)[C@@H](c2ccc(OC)cc2)C(C(=O)OC(C)C)=C(C)N=3)cc1. The number of esters is 1. The van der Waals surface area contributed by atoms with Crippen LogP contribution in [0.15, 0.2) is 106 Å². The molecule has 0 amide bonds. The van der Waals surface area contributed by atoms with Gasteiger partial charge >= 0.3 is 5.97 Å². The van der Waals surface area contributed by atoms with Crippen LogP contribution in [-0.4, -0.2) is 40.6 Å². The lowest BCUT2D eigenvalue weighted by molar-refractivity contribution is -0.143. The molecule has 3 aromatic carbocycles. The number of methoxy groups -OCH3 is 2. The average molecular weight is 621 g/mol. The summed E-state index contributed by atoms with van der Waals surface area (Å²) in [5.41, 5.74) is 4.52. The van der Waals surface area contributed by atoms with Gasteiger partial charge in [-0.1, -0.05) is 41.7 Å². The van der Waals surface area contributed by atoms with Crippen LogP contribution in [0.25, 0.3) is 23.0 Å². The van der Waals surface area contributed by atoms with Crippen LogP contribution >= 0.6 is 11.3 Å². The number of hydrogen-bond donors (Lipinski definition) is 0. The minimum Gasteiger partial charge on any atom is -0.497 e. The molecule has 0 radical (unpaired) electrons. The van der Waals surface area contributed by atoms with Gasteiger partial charge in [-0.05, 0) is 80.9 Å². The average Bonchev–Trinajstić information content (AvgIpc) is 3.61. The van der Waals surface area contributed by atoms with Crippen LogP contribution in [0, 0.1) is 0 Å². The highest BCUT2D eigenvalue weighted by Crippen LogP contribution is 2.32. The molecule has 0 saturated heterocycles. The van der Waals surface area contributed by atoms with Crippen molar-refractivity contribution < 1.29 is 19.0 Å². The van der Waals surface area contributed by atoms with Crippen LogP contribution in [0.4, 0.5) is 0 Å². The molecule has 0 unspecified atom stereocenters. The van der Waals surface area contributed by atoms with Crippen molar-refractivity contribution in [1.29, 1.82) is 0 Å². The Balaban J connectivity index is 1.54. The van der Waals surface area contributed by atoms with E-state index in [9.17, 15) is 9.59 Å². The van der Waals surface area contributed by atoms with E-state index in [1.807, 2.05) is 91.1 Å². The number of carbonyl (C=O) groups is 1. The maximum absolute atomic E-state index is 14.3. The van der Waals surface area contributed by atoms with Gasteiger partial charge in [-0.3, -0.25) is 9.36 Å². The summed E-state index contributed by atoms with van der Waals surface area (Å²) in [5.74, 6) is 0.892. The Morgan fingerprint density at radius 1 is 0.933 bits per heavy atom. The first-order valence-corrected chi connectivity index (χ1v) is 15.3. The molecule has 0 bridgehead atoms. The summed E-state index contributed by atoms with van der Waals surface area (Å²) in [4.78, 5) is 32.9. The Morgan fingerprint density at radius 2 is 1.58 bits per heavy atom. The maximum atomic E-state index is 14.3. The third-order valence-electron chi connectivity index (χ3n) is 7.43. The number of hydrogen-bond acceptors (Lipinski definition) is 8. The quantitative estimate of drug-likeness (QED) is 0.225. The van der Waals surface area contributed by atoms with E-state index >= 15 is 0 Å². The smallest absolute Gasteiger partial charge is 0.338 e. The number of carbonyl (C=O) groups excluding carboxylic acids is 1. The van der Waals surface area contributed by atoms with E-state index < -0.39 is 12.0 Å². The van der Waals surface area contributed by atoms with Gasteiger partial charge < -0.3 is 14.2 Å². The van der Waals surface area contributed by atoms with Gasteiger partial charge in [-0.2, -0.15) is 5.10 Å². The lowest BCUT2D eigenvalue weighted by atomic mass is 9.96. The fourth-order valence-electron chi connectivity index (χ4n) is 5.28. The molecule has 9 nitrogen and oxygen atoms in total. The third-order valence-corrected chi connectivity index (χ3v) is 8.41. The lowest BCUT2D eigenvalue weighted by Gasteiger charge is -2.25. The van der Waals surface area contributed by atoms with Gasteiger partial charge in [0.05, 0.1) is 47.9 Å². The topological polar surface area (TPSA) is 96.9 Å². The molecule has 228 valence electrons. The van der Waals surface area contributed by atoms with E-state index in [-0.39, 0.29) is 11.7 Å². The number of allylic oxidation sites excluding steroid dienone is 1.